The molecule has 1 aliphatic rings. The van der Waals surface area contributed by atoms with Gasteiger partial charge in [-0.15, -0.1) is 0 Å². The molecule has 0 saturated heterocycles. The number of oxime groups is 1. The minimum absolute atomic E-state index is 0.0794. The number of nitrogens with one attached hydrogen (secondary N) is 1. The Hall–Kier alpha value is -3.15. The lowest BCUT2D eigenvalue weighted by Crippen LogP contribution is -2.32. The maximum atomic E-state index is 12.0. The Bertz CT molecular complexity index is 897. The van der Waals surface area contributed by atoms with E-state index in [4.69, 9.17) is 14.3 Å². The van der Waals surface area contributed by atoms with Crippen LogP contribution in [0.5, 0.6) is 0 Å². The van der Waals surface area contributed by atoms with Gasteiger partial charge < -0.3 is 14.3 Å². The van der Waals surface area contributed by atoms with E-state index in [0.29, 0.717) is 12.6 Å². The summed E-state index contributed by atoms with van der Waals surface area (Å²) in [7, 11) is 0.692. The van der Waals surface area contributed by atoms with Gasteiger partial charge in [0.25, 0.3) is 21.9 Å². The quantitative estimate of drug-likeness (QED) is 0.541. The van der Waals surface area contributed by atoms with Crippen LogP contribution < -0.4 is 4.72 Å². The molecule has 0 unspecified atom stereocenters. The number of hydrogen-bond acceptors (Lipinski definition) is 9. The van der Waals surface area contributed by atoms with Crippen LogP contribution in [0.4, 0.5) is 0 Å². The molecule has 0 atom stereocenters. The Kier molecular flexibility index (Phi) is 9.06. The summed E-state index contributed by atoms with van der Waals surface area (Å²) in [6.45, 7) is 3.17. The summed E-state index contributed by atoms with van der Waals surface area (Å²) < 4.78 is 36.0. The van der Waals surface area contributed by atoms with E-state index in [1.165, 1.54) is 31.1 Å². The average molecular weight is 428 g/mol. The van der Waals surface area contributed by atoms with Gasteiger partial charge in [-0.2, -0.15) is 0 Å². The summed E-state index contributed by atoms with van der Waals surface area (Å²) in [4.78, 5) is 31.5. The highest BCUT2D eigenvalue weighted by atomic mass is 32.2. The van der Waals surface area contributed by atoms with Gasteiger partial charge >= 0.3 is 0 Å². The van der Waals surface area contributed by atoms with Gasteiger partial charge in [-0.25, -0.2) is 18.1 Å². The summed E-state index contributed by atoms with van der Waals surface area (Å²) in [6, 6.07) is 6.40. The third kappa shape index (κ3) is 7.07. The molecule has 160 valence electrons. The van der Waals surface area contributed by atoms with Gasteiger partial charge in [0, 0.05) is 27.9 Å². The summed E-state index contributed by atoms with van der Waals surface area (Å²) >= 11 is 0. The number of sulfonamides is 1. The van der Waals surface area contributed by atoms with Crippen molar-refractivity contribution in [1.82, 2.24) is 9.62 Å². The number of nitrogens with zero attached hydrogens (tertiary/aromatic N) is 3. The topological polar surface area (TPSA) is 136 Å². The van der Waals surface area contributed by atoms with Gasteiger partial charge in [0.1, 0.15) is 11.5 Å². The Balaban J connectivity index is 0.000000359. The van der Waals surface area contributed by atoms with E-state index in [9.17, 15) is 18.0 Å². The first-order valence-corrected chi connectivity index (χ1v) is 9.83. The van der Waals surface area contributed by atoms with E-state index in [2.05, 4.69) is 10.1 Å². The van der Waals surface area contributed by atoms with E-state index in [1.807, 2.05) is 4.72 Å². The van der Waals surface area contributed by atoms with Crippen molar-refractivity contribution in [2.24, 2.45) is 10.1 Å². The molecule has 1 aliphatic heterocycles. The summed E-state index contributed by atoms with van der Waals surface area (Å²) in [6.07, 6.45) is 0. The van der Waals surface area contributed by atoms with Crippen molar-refractivity contribution in [3.05, 3.63) is 29.8 Å². The number of methoxy groups -OCH3 is 1. The zero-order valence-corrected chi connectivity index (χ0v) is 17.6. The molecule has 0 fully saturated rings. The third-order valence-electron chi connectivity index (χ3n) is 3.38. The number of carbonyl (C=O) groups is 2. The van der Waals surface area contributed by atoms with Crippen molar-refractivity contribution in [2.45, 2.75) is 18.7 Å². The van der Waals surface area contributed by atoms with E-state index in [-0.39, 0.29) is 28.9 Å². The molecule has 1 aromatic rings. The minimum Gasteiger partial charge on any atom is -0.471 e. The molecule has 1 heterocycles. The molecular weight excluding hydrogens is 404 g/mol. The highest BCUT2D eigenvalue weighted by Gasteiger charge is 2.24. The van der Waals surface area contributed by atoms with Crippen LogP contribution in [-0.4, -0.2) is 71.5 Å². The molecular formula is C17H24N4O7S. The van der Waals surface area contributed by atoms with Crippen LogP contribution in [0.3, 0.4) is 0 Å². The van der Waals surface area contributed by atoms with Crippen molar-refractivity contribution in [1.29, 1.82) is 0 Å². The van der Waals surface area contributed by atoms with E-state index in [0.717, 1.165) is 6.92 Å². The lowest BCUT2D eigenvalue weighted by molar-refractivity contribution is -0.124. The summed E-state index contributed by atoms with van der Waals surface area (Å²) in [5, 5.41) is 3.67. The van der Waals surface area contributed by atoms with Crippen LogP contribution in [-0.2, 0) is 33.9 Å². The predicted molar refractivity (Wildman–Crippen MR) is 105 cm³/mol. The number of amides is 2. The fourth-order valence-corrected chi connectivity index (χ4v) is 3.26. The molecule has 2 amide bonds. The van der Waals surface area contributed by atoms with Crippen LogP contribution in [0.25, 0.3) is 0 Å². The monoisotopic (exact) mass is 428 g/mol. The normalized spacial score (nSPS) is 13.6. The molecule has 1 aromatic carbocycles. The highest BCUT2D eigenvalue weighted by Crippen LogP contribution is 2.18. The van der Waals surface area contributed by atoms with Crippen LogP contribution in [0, 0.1) is 0 Å². The zero-order valence-electron chi connectivity index (χ0n) is 16.8. The number of benzene rings is 1. The molecule has 12 heteroatoms. The van der Waals surface area contributed by atoms with Gasteiger partial charge in [0.05, 0.1) is 12.7 Å². The molecule has 0 saturated carbocycles. The zero-order chi connectivity index (χ0) is 22.0. The molecule has 29 heavy (non-hydrogen) atoms. The second-order valence-electron chi connectivity index (χ2n) is 5.52. The van der Waals surface area contributed by atoms with Gasteiger partial charge in [-0.3, -0.25) is 14.5 Å². The van der Waals surface area contributed by atoms with Crippen molar-refractivity contribution in [3.8, 4) is 0 Å². The van der Waals surface area contributed by atoms with Crippen molar-refractivity contribution >= 4 is 33.8 Å². The predicted octanol–water partition coefficient (Wildman–Crippen LogP) is 0.317. The van der Waals surface area contributed by atoms with Crippen LogP contribution in [0.15, 0.2) is 39.3 Å². The van der Waals surface area contributed by atoms with Gasteiger partial charge in [-0.05, 0) is 17.3 Å². The number of aliphatic imine (C=N–C) groups is 1. The molecule has 0 aromatic heterocycles. The fourth-order valence-electron chi connectivity index (χ4n) is 2.07. The minimum atomic E-state index is -3.96. The van der Waals surface area contributed by atoms with Crippen molar-refractivity contribution < 1.29 is 32.3 Å². The van der Waals surface area contributed by atoms with Crippen molar-refractivity contribution in [2.75, 3.05) is 34.4 Å². The Morgan fingerprint density at radius 2 is 1.90 bits per heavy atom. The Labute approximate surface area is 169 Å². The van der Waals surface area contributed by atoms with Gasteiger partial charge in [0.15, 0.2) is 6.61 Å². The maximum Gasteiger partial charge on any atom is 0.293 e. The molecule has 0 spiro atoms. The number of hydrogen-bond donors (Lipinski definition) is 1. The third-order valence-corrected chi connectivity index (χ3v) is 4.87. The average Bonchev–Trinajstić information content (AvgIpc) is 2.69. The molecule has 1 N–H and O–H groups in total. The van der Waals surface area contributed by atoms with Crippen LogP contribution in [0.1, 0.15) is 19.4 Å². The SMILES string of the molecule is CC(=O)NS(=O)(=O)c1ccccc1C1=NOCCO1.CN=C(OC)N(C)C(C)=O. The number of carbonyl (C=O) groups excluding carboxylic acids is 2. The first kappa shape index (κ1) is 23.9. The molecule has 2 rings (SSSR count). The molecule has 0 bridgehead atoms. The number of rotatable bonds is 3. The molecule has 0 aliphatic carbocycles. The first-order chi connectivity index (χ1) is 13.6. The van der Waals surface area contributed by atoms with E-state index < -0.39 is 15.9 Å². The Morgan fingerprint density at radius 1 is 1.24 bits per heavy atom. The second-order valence-corrected chi connectivity index (χ2v) is 7.18. The lowest BCUT2D eigenvalue weighted by Gasteiger charge is -2.16. The maximum absolute atomic E-state index is 12.0. The Morgan fingerprint density at radius 3 is 2.34 bits per heavy atom. The lowest BCUT2D eigenvalue weighted by atomic mass is 10.2. The largest absolute Gasteiger partial charge is 0.471 e. The molecule has 11 nitrogen and oxygen atoms in total. The van der Waals surface area contributed by atoms with Gasteiger partial charge in [-0.1, -0.05) is 12.1 Å². The van der Waals surface area contributed by atoms with Crippen LogP contribution in [0.2, 0.25) is 0 Å². The first-order valence-electron chi connectivity index (χ1n) is 8.34. The summed E-state index contributed by atoms with van der Waals surface area (Å²) in [5.41, 5.74) is 0.246. The number of amidine groups is 1. The van der Waals surface area contributed by atoms with E-state index >= 15 is 0 Å². The fraction of sp³-hybridized carbons (Fsp3) is 0.412. The standard InChI is InChI=1S/C11H12N2O5S.C6H12N2O2/c1-8(14)13-19(15,16)10-5-3-2-4-9(10)11-12-18-7-6-17-11;1-5(9)8(3)6(7-2)10-4/h2-5H,6-7H2,1H3,(H,13,14);1-4H3. The van der Waals surface area contributed by atoms with Crippen LogP contribution >= 0.6 is 0 Å². The second kappa shape index (κ2) is 11.0. The van der Waals surface area contributed by atoms with Crippen molar-refractivity contribution in [3.63, 3.8) is 0 Å². The van der Waals surface area contributed by atoms with E-state index in [1.54, 1.807) is 26.2 Å². The number of ether oxygens (including phenoxy) is 2. The smallest absolute Gasteiger partial charge is 0.293 e. The highest BCUT2D eigenvalue weighted by molar-refractivity contribution is 7.90. The van der Waals surface area contributed by atoms with Gasteiger partial charge in [0.2, 0.25) is 11.8 Å². The molecule has 0 radical (unpaired) electrons. The summed E-state index contributed by atoms with van der Waals surface area (Å²) in [5.74, 6) is -0.684.